The fourth-order valence-corrected chi connectivity index (χ4v) is 8.20. The second-order valence-electron chi connectivity index (χ2n) is 18.1. The minimum atomic E-state index is -0.738. The van der Waals surface area contributed by atoms with E-state index in [1.807, 2.05) is 109 Å². The Morgan fingerprint density at radius 3 is 1.51 bits per heavy atom. The number of aryl methyl sites for hydroxylation is 1. The zero-order valence-corrected chi connectivity index (χ0v) is 55.5. The van der Waals surface area contributed by atoms with Crippen molar-refractivity contribution < 1.29 is 28.1 Å². The SMILES string of the molecule is CCCc1ccc(OC)cc1.COc1ccc(CN(C)C(=N)N)cc1.COc1ccc(CN(C)c2ncc3cc(Br)cnc3n2)cc1.COc1ccc(CNc2ncc3cc(Br)cnc3n2)cc1.Cl.Cl.N=C(N)n1cccn1.O=Cc1cc(Br)cnc1F. The van der Waals surface area contributed by atoms with E-state index in [4.69, 9.17) is 41.2 Å². The van der Waals surface area contributed by atoms with Crippen LogP contribution in [0.3, 0.4) is 0 Å². The average Bonchev–Trinajstić information content (AvgIpc) is 3.95. The first-order valence-electron chi connectivity index (χ1n) is 26.1. The summed E-state index contributed by atoms with van der Waals surface area (Å²) in [5.41, 5.74) is 16.5. The van der Waals surface area contributed by atoms with Crippen molar-refractivity contribution in [1.82, 2.24) is 49.6 Å². The third-order valence-electron chi connectivity index (χ3n) is 11.7. The molecule has 0 atom stereocenters. The number of anilines is 2. The van der Waals surface area contributed by atoms with Gasteiger partial charge in [0.1, 0.15) is 23.0 Å². The number of aromatic nitrogens is 9. The predicted molar refractivity (Wildman–Crippen MR) is 360 cm³/mol. The highest BCUT2D eigenvalue weighted by atomic mass is 79.9. The van der Waals surface area contributed by atoms with E-state index in [1.54, 1.807) is 83.6 Å². The van der Waals surface area contributed by atoms with Gasteiger partial charge < -0.3 is 45.5 Å². The molecule has 0 radical (unpaired) electrons. The van der Waals surface area contributed by atoms with Crippen LogP contribution < -0.4 is 40.6 Å². The number of nitrogen functional groups attached to an aromatic ring is 1. The van der Waals surface area contributed by atoms with Gasteiger partial charge in [-0.2, -0.15) is 19.5 Å². The number of ether oxygens (including phenoxy) is 4. The Morgan fingerprint density at radius 1 is 0.625 bits per heavy atom. The highest BCUT2D eigenvalue weighted by Crippen LogP contribution is 2.21. The fraction of sp³-hybridized carbons (Fsp3) is 0.197. The van der Waals surface area contributed by atoms with Crippen LogP contribution in [0.2, 0.25) is 0 Å². The van der Waals surface area contributed by atoms with Crippen LogP contribution >= 0.6 is 72.6 Å². The lowest BCUT2D eigenvalue weighted by Gasteiger charge is -2.17. The van der Waals surface area contributed by atoms with Crippen molar-refractivity contribution in [1.29, 1.82) is 10.8 Å². The van der Waals surface area contributed by atoms with Crippen LogP contribution in [0.25, 0.3) is 22.1 Å². The first-order chi connectivity index (χ1) is 41.4. The van der Waals surface area contributed by atoms with E-state index in [0.29, 0.717) is 53.6 Å². The zero-order valence-electron chi connectivity index (χ0n) is 49.1. The molecule has 464 valence electrons. The van der Waals surface area contributed by atoms with Crippen molar-refractivity contribution in [3.63, 3.8) is 0 Å². The van der Waals surface area contributed by atoms with Gasteiger partial charge in [-0.3, -0.25) is 15.6 Å². The second-order valence-corrected chi connectivity index (χ2v) is 20.8. The number of carbonyl (C=O) groups is 1. The van der Waals surface area contributed by atoms with Crippen LogP contribution in [0, 0.1) is 16.8 Å². The van der Waals surface area contributed by atoms with E-state index in [0.717, 1.165) is 65.8 Å². The third-order valence-corrected chi connectivity index (χ3v) is 13.0. The molecule has 0 aliphatic carbocycles. The lowest BCUT2D eigenvalue weighted by molar-refractivity contribution is 0.111. The molecule has 4 aromatic carbocycles. The largest absolute Gasteiger partial charge is 0.497 e. The molecule has 7 N–H and O–H groups in total. The first-order valence-corrected chi connectivity index (χ1v) is 28.5. The highest BCUT2D eigenvalue weighted by Gasteiger charge is 2.09. The normalized spacial score (nSPS) is 9.81. The molecular formula is C61H68Br3Cl2FN16O5. The summed E-state index contributed by atoms with van der Waals surface area (Å²) in [5.74, 6) is 3.95. The Kier molecular flexibility index (Phi) is 32.8. The molecule has 0 saturated heterocycles. The van der Waals surface area contributed by atoms with Crippen molar-refractivity contribution in [2.24, 2.45) is 11.5 Å². The molecule has 0 saturated carbocycles. The summed E-state index contributed by atoms with van der Waals surface area (Å²) in [6.45, 7) is 4.18. The molecule has 6 heterocycles. The van der Waals surface area contributed by atoms with Crippen molar-refractivity contribution >= 4 is 125 Å². The summed E-state index contributed by atoms with van der Waals surface area (Å²) >= 11 is 9.83. The van der Waals surface area contributed by atoms with Gasteiger partial charge in [-0.1, -0.05) is 61.9 Å². The van der Waals surface area contributed by atoms with Gasteiger partial charge in [0.15, 0.2) is 23.5 Å². The molecule has 6 aromatic heterocycles. The molecule has 0 aliphatic heterocycles. The number of fused-ring (bicyclic) bond motifs is 2. The number of guanidine groups is 1. The Bertz CT molecular complexity index is 3700. The van der Waals surface area contributed by atoms with E-state index in [-0.39, 0.29) is 42.3 Å². The summed E-state index contributed by atoms with van der Waals surface area (Å²) < 4.78 is 36.5. The maximum Gasteiger partial charge on any atom is 0.227 e. The monoisotopic (exact) mass is 1430 g/mol. The number of hydrogen-bond donors (Lipinski definition) is 5. The summed E-state index contributed by atoms with van der Waals surface area (Å²) in [6, 6.07) is 38.7. The number of nitrogens with zero attached hydrogens (tertiary/aromatic N) is 11. The maximum atomic E-state index is 12.4. The number of rotatable bonds is 15. The molecular weight excluding hydrogens is 1370 g/mol. The lowest BCUT2D eigenvalue weighted by Crippen LogP contribution is -2.32. The summed E-state index contributed by atoms with van der Waals surface area (Å²) in [4.78, 5) is 43.2. The Hall–Kier alpha value is -8.62. The minimum Gasteiger partial charge on any atom is -0.497 e. The Labute approximate surface area is 548 Å². The van der Waals surface area contributed by atoms with E-state index >= 15 is 0 Å². The van der Waals surface area contributed by atoms with Gasteiger partial charge in [-0.25, -0.2) is 29.6 Å². The number of hydrogen-bond acceptors (Lipinski definition) is 17. The number of methoxy groups -OCH3 is 4. The second kappa shape index (κ2) is 39.2. The predicted octanol–water partition coefficient (Wildman–Crippen LogP) is 12.8. The molecule has 0 fully saturated rings. The highest BCUT2D eigenvalue weighted by molar-refractivity contribution is 9.11. The van der Waals surface area contributed by atoms with Crippen molar-refractivity contribution in [3.05, 3.63) is 212 Å². The minimum absolute atomic E-state index is 0. The fourth-order valence-electron chi connectivity index (χ4n) is 7.16. The Morgan fingerprint density at radius 2 is 1.08 bits per heavy atom. The zero-order chi connectivity index (χ0) is 62.4. The molecule has 0 amide bonds. The van der Waals surface area contributed by atoms with E-state index in [2.05, 4.69) is 112 Å². The van der Waals surface area contributed by atoms with Gasteiger partial charge in [0.25, 0.3) is 0 Å². The molecule has 10 rings (SSSR count). The van der Waals surface area contributed by atoms with Crippen LogP contribution in [0.1, 0.15) is 46.0 Å². The Balaban J connectivity index is 0.000000285. The number of nitrogens with one attached hydrogen (secondary N) is 3. The van der Waals surface area contributed by atoms with Gasteiger partial charge in [0.2, 0.25) is 23.8 Å². The van der Waals surface area contributed by atoms with E-state index < -0.39 is 5.95 Å². The smallest absolute Gasteiger partial charge is 0.227 e. The van der Waals surface area contributed by atoms with Crippen molar-refractivity contribution in [3.8, 4) is 23.0 Å². The number of benzene rings is 4. The topological polar surface area (TPSA) is 280 Å². The van der Waals surface area contributed by atoms with Gasteiger partial charge in [0, 0.05) is 101 Å². The molecule has 0 bridgehead atoms. The van der Waals surface area contributed by atoms with Crippen LogP contribution in [0.5, 0.6) is 23.0 Å². The number of nitrogens with two attached hydrogens (primary N) is 2. The van der Waals surface area contributed by atoms with Gasteiger partial charge in [0.05, 0.1) is 34.0 Å². The molecule has 27 heteroatoms. The molecule has 0 spiro atoms. The molecule has 0 aliphatic rings. The van der Waals surface area contributed by atoms with E-state index in [1.165, 1.54) is 28.9 Å². The summed E-state index contributed by atoms with van der Waals surface area (Å²) in [7, 11) is 10.4. The van der Waals surface area contributed by atoms with Crippen LogP contribution in [-0.4, -0.2) is 110 Å². The standard InChI is InChI=1S/C16H15BrN4O.C15H13BrN4O.C10H15N3O.C10H14O.C6H3BrFNO.C4H6N4.2ClH/c1-21(10-11-3-5-14(22-2)6-4-11)16-19-8-12-7-13(17)9-18-15(12)20-16;1-21-13-4-2-10(3-5-13)7-18-15-19-8-11-6-12(16)9-17-14(11)20-15;1-13(10(11)12)7-8-3-5-9(14-2)6-4-8;1-3-4-9-5-7-10(11-2)8-6-9;7-5-1-4(3-10)6(8)9-2-5;5-4(6)8-3-1-2-7-8;;/h3-9H,10H2,1-2H3;2-6,8-9H,7H2,1H3,(H,17,18,19,20);3-6H,7H2,1-2H3,(H3,11,12);5-8H,3-4H2,1-2H3;1-3H;1-3H,(H3,5,6);2*1H. The molecule has 0 unspecified atom stereocenters. The third kappa shape index (κ3) is 25.4. The van der Waals surface area contributed by atoms with Crippen molar-refractivity contribution in [2.75, 3.05) is 52.8 Å². The van der Waals surface area contributed by atoms with Crippen LogP contribution in [0.15, 0.2) is 178 Å². The van der Waals surface area contributed by atoms with Crippen LogP contribution in [-0.2, 0) is 26.1 Å². The molecule has 10 aromatic rings. The quantitative estimate of drug-likeness (QED) is 0.0276. The lowest BCUT2D eigenvalue weighted by atomic mass is 10.1. The average molecular weight is 1430 g/mol. The summed E-state index contributed by atoms with van der Waals surface area (Å²) in [6.07, 6.45) is 14.3. The molecule has 21 nitrogen and oxygen atoms in total. The molecule has 88 heavy (non-hydrogen) atoms. The summed E-state index contributed by atoms with van der Waals surface area (Å²) in [5, 5.41) is 22.7. The number of pyridine rings is 3. The maximum absolute atomic E-state index is 12.4. The van der Waals surface area contributed by atoms with Gasteiger partial charge in [-0.05, 0) is 149 Å². The van der Waals surface area contributed by atoms with Gasteiger partial charge >= 0.3 is 0 Å². The number of aldehydes is 1. The van der Waals surface area contributed by atoms with Gasteiger partial charge in [-0.15, -0.1) is 24.8 Å². The first kappa shape index (κ1) is 73.6. The van der Waals surface area contributed by atoms with Crippen LogP contribution in [0.4, 0.5) is 16.3 Å². The number of carbonyl (C=O) groups excluding carboxylic acids is 1. The number of halogens is 6. The van der Waals surface area contributed by atoms with E-state index in [9.17, 15) is 9.18 Å². The van der Waals surface area contributed by atoms with Crippen molar-refractivity contribution in [2.45, 2.75) is 39.4 Å².